The Kier molecular flexibility index (Phi) is 3.46. The molecule has 80 valence electrons. The van der Waals surface area contributed by atoms with Crippen molar-refractivity contribution in [2.24, 2.45) is 0 Å². The van der Waals surface area contributed by atoms with Crippen LogP contribution < -0.4 is 4.74 Å². The Hall–Kier alpha value is -1.81. The third kappa shape index (κ3) is 3.11. The standard InChI is InChI=1S/C11H12O4/c1-7(2)11(14)15-10-4-8(6-12)3-9(13)5-10/h3-5,12-13H,1,6H2,2H3. The van der Waals surface area contributed by atoms with Gasteiger partial charge in [0.2, 0.25) is 0 Å². The van der Waals surface area contributed by atoms with E-state index in [-0.39, 0.29) is 23.7 Å². The Balaban J connectivity index is 2.90. The first kappa shape index (κ1) is 11.3. The van der Waals surface area contributed by atoms with Crippen LogP contribution in [-0.4, -0.2) is 16.2 Å². The van der Waals surface area contributed by atoms with Gasteiger partial charge in [0, 0.05) is 11.6 Å². The number of hydrogen-bond donors (Lipinski definition) is 2. The van der Waals surface area contributed by atoms with Crippen LogP contribution in [-0.2, 0) is 11.4 Å². The predicted octanol–water partition coefficient (Wildman–Crippen LogP) is 1.37. The van der Waals surface area contributed by atoms with Crippen molar-refractivity contribution < 1.29 is 19.7 Å². The molecule has 0 aliphatic heterocycles. The Morgan fingerprint density at radius 2 is 2.13 bits per heavy atom. The van der Waals surface area contributed by atoms with Gasteiger partial charge in [-0.05, 0) is 24.6 Å². The molecule has 0 spiro atoms. The summed E-state index contributed by atoms with van der Waals surface area (Å²) in [5, 5.41) is 18.1. The van der Waals surface area contributed by atoms with Crippen molar-refractivity contribution in [2.45, 2.75) is 13.5 Å². The minimum atomic E-state index is -0.565. The van der Waals surface area contributed by atoms with E-state index >= 15 is 0 Å². The number of carbonyl (C=O) groups is 1. The summed E-state index contributed by atoms with van der Waals surface area (Å²) in [6, 6.07) is 4.15. The second-order valence-corrected chi connectivity index (χ2v) is 3.16. The lowest BCUT2D eigenvalue weighted by Crippen LogP contribution is -2.08. The number of phenols is 1. The van der Waals surface area contributed by atoms with Gasteiger partial charge in [-0.25, -0.2) is 4.79 Å². The van der Waals surface area contributed by atoms with Gasteiger partial charge in [0.25, 0.3) is 0 Å². The van der Waals surface area contributed by atoms with E-state index in [0.29, 0.717) is 5.56 Å². The molecule has 4 nitrogen and oxygen atoms in total. The average Bonchev–Trinajstić information content (AvgIpc) is 2.16. The first-order valence-corrected chi connectivity index (χ1v) is 4.34. The Labute approximate surface area is 87.4 Å². The molecule has 15 heavy (non-hydrogen) atoms. The lowest BCUT2D eigenvalue weighted by molar-refractivity contribution is -0.130. The van der Waals surface area contributed by atoms with E-state index in [1.54, 1.807) is 0 Å². The summed E-state index contributed by atoms with van der Waals surface area (Å²) >= 11 is 0. The van der Waals surface area contributed by atoms with Crippen LogP contribution in [0.1, 0.15) is 12.5 Å². The highest BCUT2D eigenvalue weighted by Crippen LogP contribution is 2.22. The highest BCUT2D eigenvalue weighted by molar-refractivity contribution is 5.88. The Bertz CT molecular complexity index is 396. The number of aliphatic hydroxyl groups excluding tert-OH is 1. The SMILES string of the molecule is C=C(C)C(=O)Oc1cc(O)cc(CO)c1. The highest BCUT2D eigenvalue weighted by Gasteiger charge is 2.07. The monoisotopic (exact) mass is 208 g/mol. The summed E-state index contributed by atoms with van der Waals surface area (Å²) in [6.07, 6.45) is 0. The molecule has 0 radical (unpaired) electrons. The van der Waals surface area contributed by atoms with Crippen LogP contribution in [0.15, 0.2) is 30.4 Å². The predicted molar refractivity (Wildman–Crippen MR) is 54.5 cm³/mol. The van der Waals surface area contributed by atoms with Crippen molar-refractivity contribution in [3.05, 3.63) is 35.9 Å². The number of carbonyl (C=O) groups excluding carboxylic acids is 1. The number of esters is 1. The van der Waals surface area contributed by atoms with Crippen LogP contribution in [0.2, 0.25) is 0 Å². The number of benzene rings is 1. The van der Waals surface area contributed by atoms with Crippen LogP contribution >= 0.6 is 0 Å². The van der Waals surface area contributed by atoms with Crippen molar-refractivity contribution >= 4 is 5.97 Å². The molecule has 0 bridgehead atoms. The molecular weight excluding hydrogens is 196 g/mol. The molecule has 0 atom stereocenters. The fourth-order valence-corrected chi connectivity index (χ4v) is 0.988. The van der Waals surface area contributed by atoms with Crippen molar-refractivity contribution in [3.63, 3.8) is 0 Å². The minimum Gasteiger partial charge on any atom is -0.508 e. The molecule has 1 rings (SSSR count). The van der Waals surface area contributed by atoms with Crippen LogP contribution in [0.5, 0.6) is 11.5 Å². The van der Waals surface area contributed by atoms with E-state index in [0.717, 1.165) is 0 Å². The third-order valence-electron chi connectivity index (χ3n) is 1.69. The van der Waals surface area contributed by atoms with Crippen LogP contribution in [0.25, 0.3) is 0 Å². The number of hydrogen-bond acceptors (Lipinski definition) is 4. The number of phenolic OH excluding ortho intramolecular Hbond substituents is 1. The lowest BCUT2D eigenvalue weighted by atomic mass is 10.2. The van der Waals surface area contributed by atoms with Gasteiger partial charge >= 0.3 is 5.97 Å². The molecule has 0 saturated carbocycles. The molecule has 4 heteroatoms. The van der Waals surface area contributed by atoms with Crippen LogP contribution in [0.3, 0.4) is 0 Å². The minimum absolute atomic E-state index is 0.0638. The van der Waals surface area contributed by atoms with Gasteiger partial charge in [0.1, 0.15) is 11.5 Å². The van der Waals surface area contributed by atoms with E-state index in [1.807, 2.05) is 0 Å². The normalized spacial score (nSPS) is 9.73. The topological polar surface area (TPSA) is 66.8 Å². The first-order valence-electron chi connectivity index (χ1n) is 4.34. The molecule has 0 amide bonds. The highest BCUT2D eigenvalue weighted by atomic mass is 16.5. The van der Waals surface area contributed by atoms with E-state index in [4.69, 9.17) is 9.84 Å². The van der Waals surface area contributed by atoms with Gasteiger partial charge in [-0.3, -0.25) is 0 Å². The van der Waals surface area contributed by atoms with Crippen LogP contribution in [0.4, 0.5) is 0 Å². The van der Waals surface area contributed by atoms with Crippen LogP contribution in [0, 0.1) is 0 Å². The molecular formula is C11H12O4. The zero-order valence-electron chi connectivity index (χ0n) is 8.36. The molecule has 0 aromatic heterocycles. The number of rotatable bonds is 3. The lowest BCUT2D eigenvalue weighted by Gasteiger charge is -2.06. The average molecular weight is 208 g/mol. The molecule has 1 aromatic carbocycles. The number of aliphatic hydroxyl groups is 1. The fraction of sp³-hybridized carbons (Fsp3) is 0.182. The molecule has 0 aliphatic carbocycles. The van der Waals surface area contributed by atoms with E-state index in [1.165, 1.54) is 25.1 Å². The van der Waals surface area contributed by atoms with Gasteiger partial charge in [-0.15, -0.1) is 0 Å². The van der Waals surface area contributed by atoms with E-state index < -0.39 is 5.97 Å². The van der Waals surface area contributed by atoms with Gasteiger partial charge in [0.05, 0.1) is 6.61 Å². The third-order valence-corrected chi connectivity index (χ3v) is 1.69. The largest absolute Gasteiger partial charge is 0.508 e. The summed E-state index contributed by atoms with van der Waals surface area (Å²) in [7, 11) is 0. The van der Waals surface area contributed by atoms with E-state index in [9.17, 15) is 9.90 Å². The van der Waals surface area contributed by atoms with Gasteiger partial charge in [0.15, 0.2) is 0 Å². The van der Waals surface area contributed by atoms with Gasteiger partial charge < -0.3 is 14.9 Å². The zero-order valence-corrected chi connectivity index (χ0v) is 8.36. The second kappa shape index (κ2) is 4.61. The molecule has 0 unspecified atom stereocenters. The van der Waals surface area contributed by atoms with Crippen molar-refractivity contribution in [1.29, 1.82) is 0 Å². The maximum Gasteiger partial charge on any atom is 0.338 e. The van der Waals surface area contributed by atoms with Crippen molar-refractivity contribution in [3.8, 4) is 11.5 Å². The molecule has 1 aromatic rings. The summed E-state index contributed by atoms with van der Waals surface area (Å²) in [5.41, 5.74) is 0.739. The Morgan fingerprint density at radius 3 is 2.67 bits per heavy atom. The smallest absolute Gasteiger partial charge is 0.338 e. The van der Waals surface area contributed by atoms with Gasteiger partial charge in [-0.1, -0.05) is 6.58 Å². The quantitative estimate of drug-likeness (QED) is 0.447. The van der Waals surface area contributed by atoms with Gasteiger partial charge in [-0.2, -0.15) is 0 Å². The van der Waals surface area contributed by atoms with E-state index in [2.05, 4.69) is 6.58 Å². The number of aromatic hydroxyl groups is 1. The molecule has 0 heterocycles. The molecule has 0 fully saturated rings. The summed E-state index contributed by atoms with van der Waals surface area (Å²) in [4.78, 5) is 11.2. The maximum absolute atomic E-state index is 11.2. The zero-order chi connectivity index (χ0) is 11.4. The molecule has 2 N–H and O–H groups in total. The second-order valence-electron chi connectivity index (χ2n) is 3.16. The van der Waals surface area contributed by atoms with Crippen molar-refractivity contribution in [1.82, 2.24) is 0 Å². The first-order chi connectivity index (χ1) is 7.02. The summed E-state index contributed by atoms with van der Waals surface area (Å²) in [6.45, 7) is 4.73. The number of ether oxygens (including phenoxy) is 1. The summed E-state index contributed by atoms with van der Waals surface area (Å²) < 4.78 is 4.89. The fourth-order valence-electron chi connectivity index (χ4n) is 0.988. The maximum atomic E-state index is 11.2. The molecule has 0 saturated heterocycles. The molecule has 0 aliphatic rings. The Morgan fingerprint density at radius 1 is 1.47 bits per heavy atom. The van der Waals surface area contributed by atoms with Crippen molar-refractivity contribution in [2.75, 3.05) is 0 Å². The summed E-state index contributed by atoms with van der Waals surface area (Å²) in [5.74, 6) is -0.442.